The fraction of sp³-hybridized carbons (Fsp3) is 0.533. The van der Waals surface area contributed by atoms with Crippen molar-refractivity contribution in [3.63, 3.8) is 0 Å². The number of nitrogens with zero attached hydrogens (tertiary/aromatic N) is 1. The van der Waals surface area contributed by atoms with Crippen LogP contribution < -0.4 is 5.73 Å². The van der Waals surface area contributed by atoms with E-state index >= 15 is 0 Å². The number of sulfone groups is 1. The smallest absolute Gasteiger partial charge is 0.180 e. The van der Waals surface area contributed by atoms with E-state index in [0.29, 0.717) is 12.2 Å². The average Bonchev–Trinajstić information content (AvgIpc) is 2.91. The summed E-state index contributed by atoms with van der Waals surface area (Å²) in [6, 6.07) is 7.87. The Hall–Kier alpha value is -1.42. The average molecular weight is 308 g/mol. The SMILES string of the molecule is N#Cc1ccc(S(=O)(=O)CCOCC2(N)CCCC2)cc1. The molecule has 1 fully saturated rings. The van der Waals surface area contributed by atoms with Crippen molar-refractivity contribution in [2.75, 3.05) is 19.0 Å². The molecule has 1 aromatic rings. The van der Waals surface area contributed by atoms with Crippen LogP contribution in [0.5, 0.6) is 0 Å². The lowest BCUT2D eigenvalue weighted by Gasteiger charge is -2.23. The van der Waals surface area contributed by atoms with E-state index in [1.807, 2.05) is 6.07 Å². The molecular weight excluding hydrogens is 288 g/mol. The Morgan fingerprint density at radius 2 is 1.86 bits per heavy atom. The summed E-state index contributed by atoms with van der Waals surface area (Å²) in [5.41, 5.74) is 6.31. The molecule has 6 heteroatoms. The second kappa shape index (κ2) is 6.56. The van der Waals surface area contributed by atoms with E-state index in [-0.39, 0.29) is 22.8 Å². The van der Waals surface area contributed by atoms with Crippen LogP contribution in [0, 0.1) is 11.3 Å². The predicted octanol–water partition coefficient (Wildman–Crippen LogP) is 1.62. The molecule has 0 spiro atoms. The monoisotopic (exact) mass is 308 g/mol. The molecule has 1 aliphatic rings. The van der Waals surface area contributed by atoms with Gasteiger partial charge in [0.2, 0.25) is 0 Å². The zero-order valence-electron chi connectivity index (χ0n) is 11.9. The van der Waals surface area contributed by atoms with Gasteiger partial charge in [-0.1, -0.05) is 12.8 Å². The van der Waals surface area contributed by atoms with E-state index in [1.54, 1.807) is 0 Å². The summed E-state index contributed by atoms with van der Waals surface area (Å²) in [5.74, 6) is -0.0744. The first-order valence-electron chi connectivity index (χ1n) is 7.05. The maximum Gasteiger partial charge on any atom is 0.180 e. The van der Waals surface area contributed by atoms with Crippen LogP contribution in [-0.4, -0.2) is 32.9 Å². The molecule has 0 aromatic heterocycles. The quantitative estimate of drug-likeness (QED) is 0.806. The van der Waals surface area contributed by atoms with Crippen molar-refractivity contribution in [2.45, 2.75) is 36.1 Å². The fourth-order valence-corrected chi connectivity index (χ4v) is 3.65. The van der Waals surface area contributed by atoms with E-state index in [2.05, 4.69) is 0 Å². The van der Waals surface area contributed by atoms with Crippen LogP contribution in [0.25, 0.3) is 0 Å². The van der Waals surface area contributed by atoms with Crippen molar-refractivity contribution in [1.82, 2.24) is 0 Å². The second-order valence-electron chi connectivity index (χ2n) is 5.58. The highest BCUT2D eigenvalue weighted by Crippen LogP contribution is 2.27. The molecule has 0 radical (unpaired) electrons. The topological polar surface area (TPSA) is 93.2 Å². The molecule has 21 heavy (non-hydrogen) atoms. The third kappa shape index (κ3) is 4.27. The molecule has 5 nitrogen and oxygen atoms in total. The molecule has 1 aromatic carbocycles. The number of nitrogens with two attached hydrogens (primary N) is 1. The molecule has 0 atom stereocenters. The lowest BCUT2D eigenvalue weighted by atomic mass is 10.0. The first-order chi connectivity index (χ1) is 9.95. The Balaban J connectivity index is 1.85. The maximum absolute atomic E-state index is 12.1. The van der Waals surface area contributed by atoms with Crippen LogP contribution >= 0.6 is 0 Å². The van der Waals surface area contributed by atoms with Crippen LogP contribution in [0.1, 0.15) is 31.2 Å². The molecule has 0 amide bonds. The number of nitriles is 1. The molecule has 0 heterocycles. The molecule has 1 saturated carbocycles. The van der Waals surface area contributed by atoms with E-state index in [0.717, 1.165) is 25.7 Å². The highest BCUT2D eigenvalue weighted by molar-refractivity contribution is 7.91. The van der Waals surface area contributed by atoms with Crippen molar-refractivity contribution >= 4 is 9.84 Å². The number of hydrogen-bond acceptors (Lipinski definition) is 5. The predicted molar refractivity (Wildman–Crippen MR) is 79.4 cm³/mol. The van der Waals surface area contributed by atoms with Crippen molar-refractivity contribution in [1.29, 1.82) is 5.26 Å². The van der Waals surface area contributed by atoms with Crippen LogP contribution in [0.2, 0.25) is 0 Å². The molecule has 0 aliphatic heterocycles. The van der Waals surface area contributed by atoms with Gasteiger partial charge in [0.1, 0.15) is 0 Å². The highest BCUT2D eigenvalue weighted by atomic mass is 32.2. The lowest BCUT2D eigenvalue weighted by molar-refractivity contribution is 0.0979. The minimum Gasteiger partial charge on any atom is -0.378 e. The normalized spacial score (nSPS) is 17.5. The van der Waals surface area contributed by atoms with Gasteiger partial charge in [-0.3, -0.25) is 0 Å². The molecule has 2 N–H and O–H groups in total. The Morgan fingerprint density at radius 3 is 2.43 bits per heavy atom. The number of hydrogen-bond donors (Lipinski definition) is 1. The van der Waals surface area contributed by atoms with E-state index in [9.17, 15) is 8.42 Å². The fourth-order valence-electron chi connectivity index (χ4n) is 2.52. The van der Waals surface area contributed by atoms with Gasteiger partial charge >= 0.3 is 0 Å². The third-order valence-corrected chi connectivity index (χ3v) is 5.52. The zero-order chi connectivity index (χ0) is 15.3. The Kier molecular flexibility index (Phi) is 4.99. The second-order valence-corrected chi connectivity index (χ2v) is 7.69. The Labute approximate surface area is 125 Å². The van der Waals surface area contributed by atoms with Gasteiger partial charge in [-0.25, -0.2) is 8.42 Å². The molecule has 1 aliphatic carbocycles. The van der Waals surface area contributed by atoms with Crippen molar-refractivity contribution in [2.24, 2.45) is 5.73 Å². The highest BCUT2D eigenvalue weighted by Gasteiger charge is 2.29. The summed E-state index contributed by atoms with van der Waals surface area (Å²) in [6.45, 7) is 0.553. The molecule has 114 valence electrons. The van der Waals surface area contributed by atoms with Crippen LogP contribution in [0.15, 0.2) is 29.2 Å². The summed E-state index contributed by atoms with van der Waals surface area (Å²) in [7, 11) is -3.38. The van der Waals surface area contributed by atoms with Gasteiger partial charge in [0.25, 0.3) is 0 Å². The minimum absolute atomic E-state index is 0.0744. The van der Waals surface area contributed by atoms with Gasteiger partial charge in [0.05, 0.1) is 35.5 Å². The van der Waals surface area contributed by atoms with Crippen molar-refractivity contribution in [3.05, 3.63) is 29.8 Å². The number of rotatable bonds is 6. The summed E-state index contributed by atoms with van der Waals surface area (Å²) < 4.78 is 29.7. The standard InChI is InChI=1S/C15H20N2O3S/c16-11-13-3-5-14(6-4-13)21(18,19)10-9-20-12-15(17)7-1-2-8-15/h3-6H,1-2,7-10,12,17H2. The molecule has 2 rings (SSSR count). The molecular formula is C15H20N2O3S. The van der Waals surface area contributed by atoms with Gasteiger partial charge in [0, 0.05) is 5.54 Å². The summed E-state index contributed by atoms with van der Waals surface area (Å²) >= 11 is 0. The minimum atomic E-state index is -3.38. The van der Waals surface area contributed by atoms with E-state index in [1.165, 1.54) is 24.3 Å². The third-order valence-electron chi connectivity index (χ3n) is 3.83. The van der Waals surface area contributed by atoms with Crippen molar-refractivity contribution < 1.29 is 13.2 Å². The number of ether oxygens (including phenoxy) is 1. The summed E-state index contributed by atoms with van der Waals surface area (Å²) in [5, 5.41) is 8.70. The van der Waals surface area contributed by atoms with E-state index < -0.39 is 9.84 Å². The summed E-state index contributed by atoms with van der Waals surface area (Å²) in [6.07, 6.45) is 4.11. The lowest BCUT2D eigenvalue weighted by Crippen LogP contribution is -2.41. The molecule has 0 bridgehead atoms. The Bertz CT molecular complexity index is 611. The van der Waals surface area contributed by atoms with Gasteiger partial charge < -0.3 is 10.5 Å². The van der Waals surface area contributed by atoms with Gasteiger partial charge in [-0.15, -0.1) is 0 Å². The largest absolute Gasteiger partial charge is 0.378 e. The van der Waals surface area contributed by atoms with Gasteiger partial charge in [-0.05, 0) is 37.1 Å². The van der Waals surface area contributed by atoms with Gasteiger partial charge in [-0.2, -0.15) is 5.26 Å². The van der Waals surface area contributed by atoms with Crippen molar-refractivity contribution in [3.8, 4) is 6.07 Å². The van der Waals surface area contributed by atoms with Crippen LogP contribution in [0.4, 0.5) is 0 Å². The first kappa shape index (κ1) is 16.0. The summed E-state index contributed by atoms with van der Waals surface area (Å²) in [4.78, 5) is 0.216. The van der Waals surface area contributed by atoms with Crippen LogP contribution in [0.3, 0.4) is 0 Å². The zero-order valence-corrected chi connectivity index (χ0v) is 12.7. The maximum atomic E-state index is 12.1. The van der Waals surface area contributed by atoms with E-state index in [4.69, 9.17) is 15.7 Å². The first-order valence-corrected chi connectivity index (χ1v) is 8.70. The molecule has 0 saturated heterocycles. The molecule has 0 unspecified atom stereocenters. The van der Waals surface area contributed by atoms with Crippen LogP contribution in [-0.2, 0) is 14.6 Å². The number of benzene rings is 1. The Morgan fingerprint density at radius 1 is 1.24 bits per heavy atom. The van der Waals surface area contributed by atoms with Gasteiger partial charge in [0.15, 0.2) is 9.84 Å².